The summed E-state index contributed by atoms with van der Waals surface area (Å²) in [6.07, 6.45) is 1.46. The van der Waals surface area contributed by atoms with E-state index in [1.54, 1.807) is 17.6 Å². The molecular weight excluding hydrogens is 270 g/mol. The van der Waals surface area contributed by atoms with Crippen LogP contribution in [0.5, 0.6) is 5.75 Å². The molecule has 0 radical (unpaired) electrons. The number of benzene rings is 1. The Morgan fingerprint density at radius 1 is 1.33 bits per heavy atom. The number of carboxylic acid groups (broad SMARTS) is 1. The molecule has 0 saturated carbocycles. The molecule has 2 heterocycles. The summed E-state index contributed by atoms with van der Waals surface area (Å²) in [5, 5.41) is 9.04. The first-order chi connectivity index (χ1) is 10.1. The van der Waals surface area contributed by atoms with E-state index >= 15 is 0 Å². The predicted octanol–water partition coefficient (Wildman–Crippen LogP) is 2.29. The Hall–Kier alpha value is -3.02. The Morgan fingerprint density at radius 3 is 2.86 bits per heavy atom. The topological polar surface area (TPSA) is 89.8 Å². The number of anilines is 1. The van der Waals surface area contributed by atoms with Gasteiger partial charge in [-0.3, -0.25) is 4.40 Å². The number of fused-ring (bicyclic) bond motifs is 1. The fourth-order valence-corrected chi connectivity index (χ4v) is 2.17. The van der Waals surface area contributed by atoms with E-state index in [2.05, 4.69) is 4.98 Å². The van der Waals surface area contributed by atoms with Crippen molar-refractivity contribution in [1.82, 2.24) is 9.38 Å². The number of hydrogen-bond donors (Lipinski definition) is 2. The molecule has 0 aliphatic carbocycles. The van der Waals surface area contributed by atoms with Gasteiger partial charge in [-0.25, -0.2) is 9.78 Å². The van der Waals surface area contributed by atoms with Crippen LogP contribution in [0.3, 0.4) is 0 Å². The minimum atomic E-state index is -1.01. The third-order valence-corrected chi connectivity index (χ3v) is 3.25. The van der Waals surface area contributed by atoms with Gasteiger partial charge in [0.2, 0.25) is 0 Å². The van der Waals surface area contributed by atoms with Gasteiger partial charge in [0.25, 0.3) is 0 Å². The summed E-state index contributed by atoms with van der Waals surface area (Å²) in [6.45, 7) is 0. The third kappa shape index (κ3) is 2.16. The number of methoxy groups -OCH3 is 1. The maximum atomic E-state index is 11.0. The molecular formula is C15H13N3O3. The highest BCUT2D eigenvalue weighted by atomic mass is 16.5. The van der Waals surface area contributed by atoms with Crippen LogP contribution in [0.2, 0.25) is 0 Å². The minimum Gasteiger partial charge on any atom is -0.497 e. The zero-order valence-corrected chi connectivity index (χ0v) is 11.3. The molecule has 0 unspecified atom stereocenters. The van der Waals surface area contributed by atoms with Crippen molar-refractivity contribution in [2.24, 2.45) is 0 Å². The van der Waals surface area contributed by atoms with E-state index in [0.717, 1.165) is 5.56 Å². The normalized spacial score (nSPS) is 10.7. The van der Waals surface area contributed by atoms with Crippen LogP contribution in [0.25, 0.3) is 16.9 Å². The summed E-state index contributed by atoms with van der Waals surface area (Å²) in [5.74, 6) is 0.0875. The number of nitrogen functional groups attached to an aromatic ring is 1. The number of nitrogens with zero attached hydrogens (tertiary/aromatic N) is 2. The molecule has 1 aromatic carbocycles. The summed E-state index contributed by atoms with van der Waals surface area (Å²) in [7, 11) is 1.59. The lowest BCUT2D eigenvalue weighted by molar-refractivity contribution is 0.0696. The van der Waals surface area contributed by atoms with Gasteiger partial charge in [0.05, 0.1) is 12.7 Å². The summed E-state index contributed by atoms with van der Waals surface area (Å²) in [6, 6.07) is 10.5. The molecule has 0 amide bonds. The van der Waals surface area contributed by atoms with E-state index in [1.165, 1.54) is 12.3 Å². The summed E-state index contributed by atoms with van der Waals surface area (Å²) in [5.41, 5.74) is 8.25. The minimum absolute atomic E-state index is 0.156. The lowest BCUT2D eigenvalue weighted by atomic mass is 10.1. The van der Waals surface area contributed by atoms with E-state index in [9.17, 15) is 4.79 Å². The monoisotopic (exact) mass is 283 g/mol. The molecule has 0 aliphatic heterocycles. The lowest BCUT2D eigenvalue weighted by Crippen LogP contribution is -2.00. The smallest absolute Gasteiger partial charge is 0.337 e. The Labute approximate surface area is 120 Å². The van der Waals surface area contributed by atoms with Gasteiger partial charge in [-0.1, -0.05) is 12.1 Å². The van der Waals surface area contributed by atoms with Crippen LogP contribution in [0.4, 0.5) is 5.82 Å². The molecule has 0 atom stereocenters. The highest BCUT2D eigenvalue weighted by Gasteiger charge is 2.13. The van der Waals surface area contributed by atoms with Crippen molar-refractivity contribution in [3.05, 3.63) is 48.2 Å². The second-order valence-electron chi connectivity index (χ2n) is 4.53. The van der Waals surface area contributed by atoms with Crippen molar-refractivity contribution >= 4 is 17.4 Å². The highest BCUT2D eigenvalue weighted by molar-refractivity contribution is 5.88. The van der Waals surface area contributed by atoms with Gasteiger partial charge in [-0.05, 0) is 24.3 Å². The Kier molecular flexibility index (Phi) is 2.98. The number of hydrogen-bond acceptors (Lipinski definition) is 4. The van der Waals surface area contributed by atoms with Crippen LogP contribution >= 0.6 is 0 Å². The molecule has 6 heteroatoms. The van der Waals surface area contributed by atoms with Gasteiger partial charge in [-0.2, -0.15) is 0 Å². The number of carbonyl (C=O) groups is 1. The number of carboxylic acids is 1. The van der Waals surface area contributed by atoms with Gasteiger partial charge in [0.15, 0.2) is 0 Å². The van der Waals surface area contributed by atoms with Gasteiger partial charge in [0.1, 0.15) is 22.9 Å². The number of ether oxygens (including phenoxy) is 1. The number of imidazole rings is 1. The zero-order valence-electron chi connectivity index (χ0n) is 11.3. The van der Waals surface area contributed by atoms with Crippen molar-refractivity contribution in [3.63, 3.8) is 0 Å². The van der Waals surface area contributed by atoms with E-state index in [4.69, 9.17) is 15.6 Å². The molecule has 2 aromatic heterocycles. The maximum absolute atomic E-state index is 11.0. The fourth-order valence-electron chi connectivity index (χ4n) is 2.17. The molecule has 106 valence electrons. The lowest BCUT2D eigenvalue weighted by Gasteiger charge is -2.03. The largest absolute Gasteiger partial charge is 0.497 e. The third-order valence-electron chi connectivity index (χ3n) is 3.25. The molecule has 0 aliphatic rings. The van der Waals surface area contributed by atoms with Gasteiger partial charge >= 0.3 is 5.97 Å². The number of rotatable bonds is 3. The predicted molar refractivity (Wildman–Crippen MR) is 78.6 cm³/mol. The van der Waals surface area contributed by atoms with Crippen LogP contribution in [0.1, 0.15) is 10.4 Å². The first-order valence-corrected chi connectivity index (χ1v) is 6.25. The molecule has 3 rings (SSSR count). The average molecular weight is 283 g/mol. The van der Waals surface area contributed by atoms with Gasteiger partial charge < -0.3 is 15.6 Å². The van der Waals surface area contributed by atoms with Crippen molar-refractivity contribution in [2.45, 2.75) is 0 Å². The quantitative estimate of drug-likeness (QED) is 0.769. The van der Waals surface area contributed by atoms with Crippen LogP contribution < -0.4 is 10.5 Å². The first-order valence-electron chi connectivity index (χ1n) is 6.25. The molecule has 6 nitrogen and oxygen atoms in total. The van der Waals surface area contributed by atoms with Crippen molar-refractivity contribution in [2.75, 3.05) is 12.8 Å². The zero-order chi connectivity index (χ0) is 15.0. The SMILES string of the molecule is COc1cccc(-c2nc3ccc(C(=O)O)cn3c2N)c1. The molecule has 21 heavy (non-hydrogen) atoms. The number of nitrogens with two attached hydrogens (primary N) is 1. The standard InChI is InChI=1S/C15H13N3O3/c1-21-11-4-2-3-9(7-11)13-14(16)18-8-10(15(19)20)5-6-12(18)17-13/h2-8H,16H2,1H3,(H,19,20). The second kappa shape index (κ2) is 4.82. The van der Waals surface area contributed by atoms with Crippen LogP contribution in [-0.4, -0.2) is 27.6 Å². The molecule has 0 saturated heterocycles. The Balaban J connectivity index is 2.19. The summed E-state index contributed by atoms with van der Waals surface area (Å²) in [4.78, 5) is 15.5. The molecule has 0 spiro atoms. The summed E-state index contributed by atoms with van der Waals surface area (Å²) < 4.78 is 6.76. The Morgan fingerprint density at radius 2 is 2.14 bits per heavy atom. The van der Waals surface area contributed by atoms with Crippen LogP contribution in [0, 0.1) is 0 Å². The molecule has 3 N–H and O–H groups in total. The first kappa shape index (κ1) is 13.0. The van der Waals surface area contributed by atoms with Crippen molar-refractivity contribution in [3.8, 4) is 17.0 Å². The fraction of sp³-hybridized carbons (Fsp3) is 0.0667. The molecule has 0 bridgehead atoms. The molecule has 0 fully saturated rings. The van der Waals surface area contributed by atoms with Crippen LogP contribution in [-0.2, 0) is 0 Å². The van der Waals surface area contributed by atoms with E-state index < -0.39 is 5.97 Å². The van der Waals surface area contributed by atoms with E-state index in [0.29, 0.717) is 22.9 Å². The van der Waals surface area contributed by atoms with Gasteiger partial charge in [-0.15, -0.1) is 0 Å². The maximum Gasteiger partial charge on any atom is 0.337 e. The van der Waals surface area contributed by atoms with Crippen molar-refractivity contribution in [1.29, 1.82) is 0 Å². The molecule has 3 aromatic rings. The van der Waals surface area contributed by atoms with E-state index in [-0.39, 0.29) is 5.56 Å². The highest BCUT2D eigenvalue weighted by Crippen LogP contribution is 2.29. The number of aromatic carboxylic acids is 1. The second-order valence-corrected chi connectivity index (χ2v) is 4.53. The van der Waals surface area contributed by atoms with Crippen LogP contribution in [0.15, 0.2) is 42.6 Å². The summed E-state index contributed by atoms with van der Waals surface area (Å²) >= 11 is 0. The number of aromatic nitrogens is 2. The average Bonchev–Trinajstić information content (AvgIpc) is 2.84. The van der Waals surface area contributed by atoms with Crippen molar-refractivity contribution < 1.29 is 14.6 Å². The number of pyridine rings is 1. The van der Waals surface area contributed by atoms with E-state index in [1.807, 2.05) is 24.3 Å². The Bertz CT molecular complexity index is 839. The van der Waals surface area contributed by atoms with Gasteiger partial charge in [0, 0.05) is 11.8 Å².